The van der Waals surface area contributed by atoms with Gasteiger partial charge in [0, 0.05) is 25.6 Å². The van der Waals surface area contributed by atoms with Gasteiger partial charge in [-0.1, -0.05) is 0 Å². The fourth-order valence-electron chi connectivity index (χ4n) is 2.84. The number of halogens is 2. The van der Waals surface area contributed by atoms with Gasteiger partial charge < -0.3 is 15.3 Å². The van der Waals surface area contributed by atoms with E-state index in [1.54, 1.807) is 0 Å². The molecule has 0 aromatic heterocycles. The number of carboxylic acid groups (broad SMARTS) is 1. The van der Waals surface area contributed by atoms with Gasteiger partial charge in [0.1, 0.15) is 17.7 Å². The van der Waals surface area contributed by atoms with Gasteiger partial charge >= 0.3 is 5.97 Å². The van der Waals surface area contributed by atoms with E-state index in [4.69, 9.17) is 5.11 Å². The minimum atomic E-state index is -1.01. The minimum absolute atomic E-state index is 0.0932. The molecule has 2 amide bonds. The van der Waals surface area contributed by atoms with Crippen LogP contribution in [-0.2, 0) is 9.59 Å². The predicted octanol–water partition coefficient (Wildman–Crippen LogP) is 1.94. The summed E-state index contributed by atoms with van der Waals surface area (Å²) >= 11 is 0. The van der Waals surface area contributed by atoms with E-state index in [9.17, 15) is 23.2 Å². The third-order valence-electron chi connectivity index (χ3n) is 4.14. The number of nitrogens with zero attached hydrogens (tertiary/aromatic N) is 1. The van der Waals surface area contributed by atoms with Gasteiger partial charge in [-0.05, 0) is 37.8 Å². The number of likely N-dealkylation sites (tertiary alicyclic amines) is 1. The molecule has 1 saturated heterocycles. The smallest absolute Gasteiger partial charge is 0.326 e. The molecule has 1 unspecified atom stereocenters. The second kappa shape index (κ2) is 8.55. The number of aliphatic carboxylic acids is 1. The second-order valence-corrected chi connectivity index (χ2v) is 5.92. The molecular formula is C17H20F2N2O4. The van der Waals surface area contributed by atoms with Crippen LogP contribution in [0.5, 0.6) is 0 Å². The normalized spacial score (nSPS) is 17.2. The van der Waals surface area contributed by atoms with E-state index in [1.165, 1.54) is 4.90 Å². The Kier molecular flexibility index (Phi) is 6.44. The Morgan fingerprint density at radius 3 is 2.68 bits per heavy atom. The third kappa shape index (κ3) is 4.98. The van der Waals surface area contributed by atoms with Crippen molar-refractivity contribution in [2.24, 2.45) is 0 Å². The maximum atomic E-state index is 13.5. The molecule has 0 aliphatic carbocycles. The SMILES string of the molecule is O=C(NCCCC(=O)N1CCCCC1C(=O)O)c1ccc(F)cc1F. The summed E-state index contributed by atoms with van der Waals surface area (Å²) < 4.78 is 26.3. The van der Waals surface area contributed by atoms with Gasteiger partial charge in [0.25, 0.3) is 5.91 Å². The molecule has 8 heteroatoms. The van der Waals surface area contributed by atoms with E-state index in [0.717, 1.165) is 25.0 Å². The summed E-state index contributed by atoms with van der Waals surface area (Å²) in [6, 6.07) is 1.88. The number of carboxylic acids is 1. The molecule has 1 aromatic carbocycles. The molecule has 25 heavy (non-hydrogen) atoms. The average Bonchev–Trinajstić information content (AvgIpc) is 2.58. The fourth-order valence-corrected chi connectivity index (χ4v) is 2.84. The third-order valence-corrected chi connectivity index (χ3v) is 4.14. The standard InChI is InChI=1S/C17H20F2N2O4/c18-11-6-7-12(13(19)10-11)16(23)20-8-3-5-15(22)21-9-2-1-4-14(21)17(24)25/h6-7,10,14H,1-5,8-9H2,(H,20,23)(H,24,25). The van der Waals surface area contributed by atoms with Gasteiger partial charge in [-0.2, -0.15) is 0 Å². The predicted molar refractivity (Wildman–Crippen MR) is 84.9 cm³/mol. The summed E-state index contributed by atoms with van der Waals surface area (Å²) in [5.41, 5.74) is -0.269. The van der Waals surface area contributed by atoms with Gasteiger partial charge in [0.05, 0.1) is 5.56 Å². The summed E-state index contributed by atoms with van der Waals surface area (Å²) in [5, 5.41) is 11.6. The number of nitrogens with one attached hydrogen (secondary N) is 1. The van der Waals surface area contributed by atoms with E-state index in [2.05, 4.69) is 5.32 Å². The van der Waals surface area contributed by atoms with Gasteiger partial charge in [-0.15, -0.1) is 0 Å². The number of hydrogen-bond acceptors (Lipinski definition) is 3. The van der Waals surface area contributed by atoms with Crippen molar-refractivity contribution >= 4 is 17.8 Å². The van der Waals surface area contributed by atoms with E-state index in [1.807, 2.05) is 0 Å². The highest BCUT2D eigenvalue weighted by Gasteiger charge is 2.31. The molecule has 0 bridgehead atoms. The molecule has 1 heterocycles. The van der Waals surface area contributed by atoms with Crippen LogP contribution in [0.4, 0.5) is 8.78 Å². The van der Waals surface area contributed by atoms with Crippen molar-refractivity contribution in [3.05, 3.63) is 35.4 Å². The maximum absolute atomic E-state index is 13.5. The number of hydrogen-bond donors (Lipinski definition) is 2. The van der Waals surface area contributed by atoms with Crippen molar-refractivity contribution < 1.29 is 28.3 Å². The molecule has 1 fully saturated rings. The quantitative estimate of drug-likeness (QED) is 0.765. The lowest BCUT2D eigenvalue weighted by atomic mass is 10.0. The van der Waals surface area contributed by atoms with Crippen molar-refractivity contribution in [2.75, 3.05) is 13.1 Å². The Hall–Kier alpha value is -2.51. The fraction of sp³-hybridized carbons (Fsp3) is 0.471. The lowest BCUT2D eigenvalue weighted by Crippen LogP contribution is -2.48. The first-order chi connectivity index (χ1) is 11.9. The molecular weight excluding hydrogens is 334 g/mol. The number of carbonyl (C=O) groups excluding carboxylic acids is 2. The van der Waals surface area contributed by atoms with Crippen LogP contribution in [0.1, 0.15) is 42.5 Å². The van der Waals surface area contributed by atoms with Crippen molar-refractivity contribution in [2.45, 2.75) is 38.1 Å². The second-order valence-electron chi connectivity index (χ2n) is 5.92. The highest BCUT2D eigenvalue weighted by Crippen LogP contribution is 2.18. The van der Waals surface area contributed by atoms with Crippen molar-refractivity contribution in [3.8, 4) is 0 Å². The number of amides is 2. The molecule has 2 rings (SSSR count). The highest BCUT2D eigenvalue weighted by molar-refractivity contribution is 5.94. The summed E-state index contributed by atoms with van der Waals surface area (Å²) in [6.07, 6.45) is 2.39. The summed E-state index contributed by atoms with van der Waals surface area (Å²) in [4.78, 5) is 36.5. The van der Waals surface area contributed by atoms with Crippen LogP contribution in [0.2, 0.25) is 0 Å². The molecule has 1 aliphatic heterocycles. The Labute approximate surface area is 143 Å². The van der Waals surface area contributed by atoms with Crippen LogP contribution >= 0.6 is 0 Å². The monoisotopic (exact) mass is 354 g/mol. The van der Waals surface area contributed by atoms with Gasteiger partial charge in [-0.3, -0.25) is 9.59 Å². The minimum Gasteiger partial charge on any atom is -0.480 e. The van der Waals surface area contributed by atoms with Gasteiger partial charge in [0.2, 0.25) is 5.91 Å². The highest BCUT2D eigenvalue weighted by atomic mass is 19.1. The van der Waals surface area contributed by atoms with Crippen molar-refractivity contribution in [3.63, 3.8) is 0 Å². The zero-order valence-corrected chi connectivity index (χ0v) is 13.6. The molecule has 0 saturated carbocycles. The molecule has 2 N–H and O–H groups in total. The molecule has 1 aromatic rings. The molecule has 0 radical (unpaired) electrons. The zero-order valence-electron chi connectivity index (χ0n) is 13.6. The topological polar surface area (TPSA) is 86.7 Å². The lowest BCUT2D eigenvalue weighted by Gasteiger charge is -2.33. The molecule has 0 spiro atoms. The van der Waals surface area contributed by atoms with Crippen LogP contribution in [0, 0.1) is 11.6 Å². The Morgan fingerprint density at radius 1 is 1.24 bits per heavy atom. The van der Waals surface area contributed by atoms with E-state index < -0.39 is 29.6 Å². The Morgan fingerprint density at radius 2 is 2.00 bits per heavy atom. The average molecular weight is 354 g/mol. The molecule has 136 valence electrons. The number of carbonyl (C=O) groups is 3. The lowest BCUT2D eigenvalue weighted by molar-refractivity contribution is -0.152. The zero-order chi connectivity index (χ0) is 18.4. The number of piperidine rings is 1. The number of benzene rings is 1. The van der Waals surface area contributed by atoms with E-state index in [-0.39, 0.29) is 24.4 Å². The van der Waals surface area contributed by atoms with Crippen LogP contribution in [-0.4, -0.2) is 46.9 Å². The largest absolute Gasteiger partial charge is 0.480 e. The van der Waals surface area contributed by atoms with E-state index in [0.29, 0.717) is 25.5 Å². The van der Waals surface area contributed by atoms with Crippen LogP contribution in [0.3, 0.4) is 0 Å². The number of rotatable bonds is 6. The maximum Gasteiger partial charge on any atom is 0.326 e. The molecule has 6 nitrogen and oxygen atoms in total. The summed E-state index contributed by atoms with van der Waals surface area (Å²) in [6.45, 7) is 0.552. The summed E-state index contributed by atoms with van der Waals surface area (Å²) in [5.74, 6) is -3.69. The first kappa shape index (κ1) is 18.8. The molecule has 1 atom stereocenters. The van der Waals surface area contributed by atoms with Gasteiger partial charge in [-0.25, -0.2) is 13.6 Å². The Balaban J connectivity index is 1.79. The first-order valence-electron chi connectivity index (χ1n) is 8.15. The summed E-state index contributed by atoms with van der Waals surface area (Å²) in [7, 11) is 0. The van der Waals surface area contributed by atoms with Crippen LogP contribution in [0.25, 0.3) is 0 Å². The first-order valence-corrected chi connectivity index (χ1v) is 8.15. The van der Waals surface area contributed by atoms with Crippen molar-refractivity contribution in [1.29, 1.82) is 0 Å². The van der Waals surface area contributed by atoms with Gasteiger partial charge in [0.15, 0.2) is 0 Å². The Bertz CT molecular complexity index is 666. The van der Waals surface area contributed by atoms with Crippen LogP contribution in [0.15, 0.2) is 18.2 Å². The van der Waals surface area contributed by atoms with Crippen LogP contribution < -0.4 is 5.32 Å². The van der Waals surface area contributed by atoms with E-state index >= 15 is 0 Å². The molecule has 1 aliphatic rings. The van der Waals surface area contributed by atoms with Crippen molar-refractivity contribution in [1.82, 2.24) is 10.2 Å².